The number of nitrogens with zero attached hydrogens (tertiary/aromatic N) is 1. The Kier molecular flexibility index (Phi) is 5.05. The number of rotatable bonds is 6. The molecule has 0 atom stereocenters. The van der Waals surface area contributed by atoms with E-state index in [0.717, 1.165) is 5.92 Å². The van der Waals surface area contributed by atoms with Crippen LogP contribution in [-0.4, -0.2) is 18.0 Å². The van der Waals surface area contributed by atoms with E-state index in [1.54, 1.807) is 10.4 Å². The van der Waals surface area contributed by atoms with Gasteiger partial charge in [0.25, 0.3) is 0 Å². The summed E-state index contributed by atoms with van der Waals surface area (Å²) in [6.07, 6.45) is 6.88. The van der Waals surface area contributed by atoms with Crippen LogP contribution in [0.4, 0.5) is 0 Å². The van der Waals surface area contributed by atoms with Crippen LogP contribution in [0.2, 0.25) is 0 Å². The predicted molar refractivity (Wildman–Crippen MR) is 76.6 cm³/mol. The zero-order chi connectivity index (χ0) is 12.1. The first kappa shape index (κ1) is 13.1. The smallest absolute Gasteiger partial charge is 0.0244 e. The molecule has 1 aromatic rings. The molecule has 2 heteroatoms. The molecular weight excluding hydrogens is 226 g/mol. The van der Waals surface area contributed by atoms with Gasteiger partial charge in [0.15, 0.2) is 0 Å². The Morgan fingerprint density at radius 3 is 3.00 bits per heavy atom. The number of fused-ring (bicyclic) bond motifs is 1. The van der Waals surface area contributed by atoms with Crippen molar-refractivity contribution in [2.75, 3.05) is 13.1 Å². The minimum atomic E-state index is 0.873. The molecule has 1 aliphatic heterocycles. The van der Waals surface area contributed by atoms with E-state index in [2.05, 4.69) is 30.2 Å². The van der Waals surface area contributed by atoms with Crippen molar-refractivity contribution < 1.29 is 0 Å². The molecule has 0 amide bonds. The van der Waals surface area contributed by atoms with Gasteiger partial charge >= 0.3 is 0 Å². The van der Waals surface area contributed by atoms with Crippen LogP contribution in [0.25, 0.3) is 0 Å². The summed E-state index contributed by atoms with van der Waals surface area (Å²) in [4.78, 5) is 4.26. The van der Waals surface area contributed by atoms with E-state index in [9.17, 15) is 0 Å². The molecule has 0 saturated carbocycles. The Balaban J connectivity index is 1.62. The second-order valence-corrected chi connectivity index (χ2v) is 6.64. The number of unbranched alkanes of at least 4 members (excludes halogenated alkanes) is 2. The first-order valence-electron chi connectivity index (χ1n) is 7.03. The van der Waals surface area contributed by atoms with Gasteiger partial charge in [0.1, 0.15) is 0 Å². The summed E-state index contributed by atoms with van der Waals surface area (Å²) in [5.74, 6) is 0.873. The molecule has 0 N–H and O–H groups in total. The van der Waals surface area contributed by atoms with Gasteiger partial charge in [-0.05, 0) is 42.3 Å². The summed E-state index contributed by atoms with van der Waals surface area (Å²) < 4.78 is 0. The third-order valence-electron chi connectivity index (χ3n) is 3.64. The molecule has 1 aromatic heterocycles. The Morgan fingerprint density at radius 1 is 1.29 bits per heavy atom. The molecule has 0 unspecified atom stereocenters. The maximum Gasteiger partial charge on any atom is 0.0244 e. The monoisotopic (exact) mass is 251 g/mol. The Morgan fingerprint density at radius 2 is 2.18 bits per heavy atom. The van der Waals surface area contributed by atoms with Crippen molar-refractivity contribution in [1.82, 2.24) is 4.90 Å². The minimum Gasteiger partial charge on any atom is -0.299 e. The average molecular weight is 251 g/mol. The lowest BCUT2D eigenvalue weighted by atomic mass is 10.0. The topological polar surface area (TPSA) is 3.24 Å². The summed E-state index contributed by atoms with van der Waals surface area (Å²) in [7, 11) is 0. The third kappa shape index (κ3) is 4.11. The molecule has 1 nitrogen and oxygen atoms in total. The standard InChI is InChI=1S/C15H25NS/c1-13(2)6-4-3-5-9-16-10-7-15-14(12-16)8-11-17-15/h8,11,13H,3-7,9-10,12H2,1-2H3. The summed E-state index contributed by atoms with van der Waals surface area (Å²) in [6.45, 7) is 8.42. The molecule has 0 aromatic carbocycles. The second-order valence-electron chi connectivity index (χ2n) is 5.64. The SMILES string of the molecule is CC(C)CCCCCN1CCc2sccc2C1. The lowest BCUT2D eigenvalue weighted by molar-refractivity contribution is 0.249. The van der Waals surface area contributed by atoms with Crippen LogP contribution in [0.5, 0.6) is 0 Å². The molecule has 96 valence electrons. The van der Waals surface area contributed by atoms with Crippen molar-refractivity contribution in [3.05, 3.63) is 21.9 Å². The maximum atomic E-state index is 2.63. The first-order valence-corrected chi connectivity index (χ1v) is 7.91. The first-order chi connectivity index (χ1) is 8.25. The van der Waals surface area contributed by atoms with E-state index >= 15 is 0 Å². The van der Waals surface area contributed by atoms with Gasteiger partial charge in [-0.25, -0.2) is 0 Å². The highest BCUT2D eigenvalue weighted by atomic mass is 32.1. The summed E-state index contributed by atoms with van der Waals surface area (Å²) in [5.41, 5.74) is 1.59. The highest BCUT2D eigenvalue weighted by Gasteiger charge is 2.16. The molecule has 2 rings (SSSR count). The lowest BCUT2D eigenvalue weighted by Gasteiger charge is -2.26. The Labute approximate surface area is 110 Å². The van der Waals surface area contributed by atoms with Crippen LogP contribution in [0, 0.1) is 5.92 Å². The quantitative estimate of drug-likeness (QED) is 0.681. The Bertz CT molecular complexity index is 329. The van der Waals surface area contributed by atoms with Crippen molar-refractivity contribution >= 4 is 11.3 Å². The van der Waals surface area contributed by atoms with E-state index in [1.165, 1.54) is 51.7 Å². The van der Waals surface area contributed by atoms with Crippen molar-refractivity contribution in [2.45, 2.75) is 52.5 Å². The van der Waals surface area contributed by atoms with Gasteiger partial charge < -0.3 is 0 Å². The highest BCUT2D eigenvalue weighted by Crippen LogP contribution is 2.24. The van der Waals surface area contributed by atoms with Crippen LogP contribution in [0.3, 0.4) is 0 Å². The number of hydrogen-bond acceptors (Lipinski definition) is 2. The van der Waals surface area contributed by atoms with Crippen molar-refractivity contribution in [3.63, 3.8) is 0 Å². The molecule has 0 radical (unpaired) electrons. The van der Waals surface area contributed by atoms with Crippen LogP contribution in [0.15, 0.2) is 11.4 Å². The largest absolute Gasteiger partial charge is 0.299 e. The molecule has 1 aliphatic rings. The van der Waals surface area contributed by atoms with Crippen LogP contribution in [-0.2, 0) is 13.0 Å². The fraction of sp³-hybridized carbons (Fsp3) is 0.733. The van der Waals surface area contributed by atoms with Gasteiger partial charge in [-0.3, -0.25) is 4.90 Å². The molecular formula is C15H25NS. The summed E-state index contributed by atoms with van der Waals surface area (Å²) in [5, 5.41) is 2.25. The van der Waals surface area contributed by atoms with E-state index in [1.807, 2.05) is 11.3 Å². The molecule has 0 fully saturated rings. The van der Waals surface area contributed by atoms with E-state index in [-0.39, 0.29) is 0 Å². The molecule has 0 saturated heterocycles. The fourth-order valence-electron chi connectivity index (χ4n) is 2.56. The molecule has 0 spiro atoms. The van der Waals surface area contributed by atoms with Gasteiger partial charge in [0.2, 0.25) is 0 Å². The van der Waals surface area contributed by atoms with E-state index in [0.29, 0.717) is 0 Å². The van der Waals surface area contributed by atoms with Crippen LogP contribution >= 0.6 is 11.3 Å². The van der Waals surface area contributed by atoms with Crippen molar-refractivity contribution in [2.24, 2.45) is 5.92 Å². The summed E-state index contributed by atoms with van der Waals surface area (Å²) >= 11 is 1.94. The average Bonchev–Trinajstić information content (AvgIpc) is 2.75. The van der Waals surface area contributed by atoms with Crippen molar-refractivity contribution in [3.8, 4) is 0 Å². The zero-order valence-corrected chi connectivity index (χ0v) is 12.1. The lowest BCUT2D eigenvalue weighted by Crippen LogP contribution is -2.30. The van der Waals surface area contributed by atoms with Gasteiger partial charge in [-0.2, -0.15) is 0 Å². The Hall–Kier alpha value is -0.340. The van der Waals surface area contributed by atoms with Gasteiger partial charge in [0.05, 0.1) is 0 Å². The highest BCUT2D eigenvalue weighted by molar-refractivity contribution is 7.10. The second kappa shape index (κ2) is 6.55. The predicted octanol–water partition coefficient (Wildman–Crippen LogP) is 4.32. The summed E-state index contributed by atoms with van der Waals surface area (Å²) in [6, 6.07) is 2.31. The maximum absolute atomic E-state index is 2.63. The molecule has 0 bridgehead atoms. The molecule has 0 aliphatic carbocycles. The van der Waals surface area contributed by atoms with Crippen LogP contribution in [0.1, 0.15) is 50.0 Å². The van der Waals surface area contributed by atoms with E-state index in [4.69, 9.17) is 0 Å². The number of hydrogen-bond donors (Lipinski definition) is 0. The molecule has 2 heterocycles. The van der Waals surface area contributed by atoms with Gasteiger partial charge in [-0.15, -0.1) is 11.3 Å². The zero-order valence-electron chi connectivity index (χ0n) is 11.2. The minimum absolute atomic E-state index is 0.873. The molecule has 17 heavy (non-hydrogen) atoms. The fourth-order valence-corrected chi connectivity index (χ4v) is 3.45. The van der Waals surface area contributed by atoms with Crippen LogP contribution < -0.4 is 0 Å². The van der Waals surface area contributed by atoms with Gasteiger partial charge in [-0.1, -0.05) is 33.1 Å². The van der Waals surface area contributed by atoms with E-state index < -0.39 is 0 Å². The number of thiophene rings is 1. The van der Waals surface area contributed by atoms with Gasteiger partial charge in [0, 0.05) is 18.0 Å². The normalized spacial score (nSPS) is 16.4. The van der Waals surface area contributed by atoms with Crippen molar-refractivity contribution in [1.29, 1.82) is 0 Å². The third-order valence-corrected chi connectivity index (χ3v) is 4.67.